The van der Waals surface area contributed by atoms with E-state index in [9.17, 15) is 12.3 Å². The molecule has 0 bridgehead atoms. The molecular formula is C6H5FN2O2S2. The van der Waals surface area contributed by atoms with Gasteiger partial charge >= 0.3 is 10.2 Å². The summed E-state index contributed by atoms with van der Waals surface area (Å²) in [6, 6.07) is 0. The fourth-order valence-electron chi connectivity index (χ4n) is 1.09. The van der Waals surface area contributed by atoms with E-state index in [-0.39, 0.29) is 0 Å². The van der Waals surface area contributed by atoms with Crippen LogP contribution in [0, 0.1) is 6.92 Å². The maximum Gasteiger partial charge on any atom is 0.349 e. The molecule has 0 saturated carbocycles. The van der Waals surface area contributed by atoms with Crippen molar-refractivity contribution in [2.75, 3.05) is 0 Å². The zero-order chi connectivity index (χ0) is 9.64. The van der Waals surface area contributed by atoms with Crippen molar-refractivity contribution < 1.29 is 12.3 Å². The van der Waals surface area contributed by atoms with Crippen molar-refractivity contribution in [1.29, 1.82) is 0 Å². The number of halogens is 1. The minimum Gasteiger partial charge on any atom is -0.276 e. The minimum atomic E-state index is -4.67. The quantitative estimate of drug-likeness (QED) is 0.682. The Morgan fingerprint density at radius 2 is 2.31 bits per heavy atom. The molecule has 0 fully saturated rings. The summed E-state index contributed by atoms with van der Waals surface area (Å²) in [4.78, 5) is 4.25. The van der Waals surface area contributed by atoms with Crippen LogP contribution in [-0.4, -0.2) is 17.8 Å². The minimum absolute atomic E-state index is 0.402. The number of aromatic nitrogens is 2. The molecule has 0 aromatic carbocycles. The molecule has 0 atom stereocenters. The first-order chi connectivity index (χ1) is 6.00. The average Bonchev–Trinajstić information content (AvgIpc) is 2.51. The van der Waals surface area contributed by atoms with Crippen molar-refractivity contribution in [2.45, 2.75) is 11.9 Å². The van der Waals surface area contributed by atoms with E-state index in [4.69, 9.17) is 0 Å². The van der Waals surface area contributed by atoms with E-state index in [0.717, 1.165) is 6.20 Å². The first-order valence-electron chi connectivity index (χ1n) is 3.36. The first kappa shape index (κ1) is 8.64. The molecule has 13 heavy (non-hydrogen) atoms. The van der Waals surface area contributed by atoms with Crippen molar-refractivity contribution in [3.8, 4) is 0 Å². The zero-order valence-electron chi connectivity index (χ0n) is 6.56. The van der Waals surface area contributed by atoms with Gasteiger partial charge in [-0.25, -0.2) is 4.98 Å². The highest BCUT2D eigenvalue weighted by Gasteiger charge is 2.19. The van der Waals surface area contributed by atoms with E-state index < -0.39 is 15.2 Å². The summed E-state index contributed by atoms with van der Waals surface area (Å²) in [7, 11) is -4.67. The molecule has 2 heterocycles. The molecule has 0 radical (unpaired) electrons. The van der Waals surface area contributed by atoms with Crippen LogP contribution in [0.2, 0.25) is 0 Å². The van der Waals surface area contributed by atoms with Crippen LogP contribution in [-0.2, 0) is 10.2 Å². The number of fused-ring (bicyclic) bond motifs is 1. The molecule has 0 aliphatic heterocycles. The fourth-order valence-corrected chi connectivity index (χ4v) is 2.62. The highest BCUT2D eigenvalue weighted by molar-refractivity contribution is 7.86. The second kappa shape index (κ2) is 2.52. The summed E-state index contributed by atoms with van der Waals surface area (Å²) in [5.41, 5.74) is 0.661. The van der Waals surface area contributed by atoms with Crippen LogP contribution < -0.4 is 0 Å². The lowest BCUT2D eigenvalue weighted by atomic mass is 10.6. The Morgan fingerprint density at radius 1 is 1.62 bits per heavy atom. The smallest absolute Gasteiger partial charge is 0.276 e. The largest absolute Gasteiger partial charge is 0.349 e. The number of hydrogen-bond acceptors (Lipinski definition) is 4. The van der Waals surface area contributed by atoms with Gasteiger partial charge in [0.05, 0.1) is 6.20 Å². The number of nitrogens with zero attached hydrogens (tertiary/aromatic N) is 2. The SMILES string of the molecule is Cc1csc2ncc(S(=O)(=O)F)n12. The van der Waals surface area contributed by atoms with Crippen LogP contribution in [0.4, 0.5) is 3.89 Å². The summed E-state index contributed by atoms with van der Waals surface area (Å²) in [5, 5.41) is 1.32. The molecule has 0 amide bonds. The van der Waals surface area contributed by atoms with Gasteiger partial charge in [0, 0.05) is 11.1 Å². The number of imidazole rings is 1. The predicted molar refractivity (Wildman–Crippen MR) is 46.1 cm³/mol. The van der Waals surface area contributed by atoms with Crippen molar-refractivity contribution in [3.63, 3.8) is 0 Å². The standard InChI is InChI=1S/C6H5FN2O2S2/c1-4-3-12-6-8-2-5(9(4)6)13(7,10)11/h2-3H,1H3. The number of hydrogen-bond donors (Lipinski definition) is 0. The van der Waals surface area contributed by atoms with Crippen LogP contribution >= 0.6 is 11.3 Å². The molecule has 70 valence electrons. The van der Waals surface area contributed by atoms with Crippen molar-refractivity contribution in [2.24, 2.45) is 0 Å². The van der Waals surface area contributed by atoms with E-state index in [2.05, 4.69) is 4.98 Å². The van der Waals surface area contributed by atoms with Crippen LogP contribution in [0.15, 0.2) is 16.6 Å². The fraction of sp³-hybridized carbons (Fsp3) is 0.167. The zero-order valence-corrected chi connectivity index (χ0v) is 8.19. The number of aryl methyl sites for hydroxylation is 1. The lowest BCUT2D eigenvalue weighted by Crippen LogP contribution is -1.97. The lowest BCUT2D eigenvalue weighted by Gasteiger charge is -1.93. The van der Waals surface area contributed by atoms with Gasteiger partial charge in [0.2, 0.25) is 0 Å². The Morgan fingerprint density at radius 3 is 2.92 bits per heavy atom. The molecule has 2 aromatic rings. The second-order valence-corrected chi connectivity index (χ2v) is 4.66. The highest BCUT2D eigenvalue weighted by Crippen LogP contribution is 2.21. The third-order valence-electron chi connectivity index (χ3n) is 1.63. The van der Waals surface area contributed by atoms with E-state index in [0.29, 0.717) is 10.7 Å². The lowest BCUT2D eigenvalue weighted by molar-refractivity contribution is 0.546. The summed E-state index contributed by atoms with van der Waals surface area (Å²) in [6.07, 6.45) is 1.02. The van der Waals surface area contributed by atoms with E-state index in [1.54, 1.807) is 12.3 Å². The van der Waals surface area contributed by atoms with Crippen LogP contribution in [0.5, 0.6) is 0 Å². The van der Waals surface area contributed by atoms with Crippen LogP contribution in [0.3, 0.4) is 0 Å². The molecule has 2 rings (SSSR count). The first-order valence-corrected chi connectivity index (χ1v) is 5.62. The highest BCUT2D eigenvalue weighted by atomic mass is 32.3. The van der Waals surface area contributed by atoms with Crippen molar-refractivity contribution in [1.82, 2.24) is 9.38 Å². The van der Waals surface area contributed by atoms with E-state index in [1.807, 2.05) is 0 Å². The molecule has 0 unspecified atom stereocenters. The third kappa shape index (κ3) is 1.24. The Kier molecular flexibility index (Phi) is 1.67. The maximum absolute atomic E-state index is 12.7. The van der Waals surface area contributed by atoms with Gasteiger partial charge in [-0.05, 0) is 6.92 Å². The number of thiazole rings is 1. The Bertz CT molecular complexity index is 554. The summed E-state index contributed by atoms with van der Waals surface area (Å²) >= 11 is 1.27. The van der Waals surface area contributed by atoms with E-state index in [1.165, 1.54) is 15.7 Å². The Labute approximate surface area is 77.9 Å². The second-order valence-electron chi connectivity index (χ2n) is 2.53. The summed E-state index contributed by atoms with van der Waals surface area (Å²) in [5.74, 6) is 0. The molecule has 0 N–H and O–H groups in total. The molecule has 7 heteroatoms. The molecule has 0 saturated heterocycles. The van der Waals surface area contributed by atoms with Crippen molar-refractivity contribution in [3.05, 3.63) is 17.3 Å². The van der Waals surface area contributed by atoms with Gasteiger partial charge in [-0.3, -0.25) is 4.40 Å². The average molecular weight is 220 g/mol. The molecular weight excluding hydrogens is 215 g/mol. The van der Waals surface area contributed by atoms with Gasteiger partial charge in [0.1, 0.15) is 0 Å². The number of rotatable bonds is 1. The van der Waals surface area contributed by atoms with Gasteiger partial charge in [-0.1, -0.05) is 3.89 Å². The van der Waals surface area contributed by atoms with Gasteiger partial charge < -0.3 is 0 Å². The molecule has 0 spiro atoms. The third-order valence-corrected chi connectivity index (χ3v) is 3.38. The van der Waals surface area contributed by atoms with E-state index >= 15 is 0 Å². The Hall–Kier alpha value is -0.950. The molecule has 0 aliphatic rings. The molecule has 0 aliphatic carbocycles. The van der Waals surface area contributed by atoms with Gasteiger partial charge in [-0.15, -0.1) is 11.3 Å². The van der Waals surface area contributed by atoms with Gasteiger partial charge in [-0.2, -0.15) is 8.42 Å². The van der Waals surface area contributed by atoms with Crippen LogP contribution in [0.25, 0.3) is 4.96 Å². The van der Waals surface area contributed by atoms with Gasteiger partial charge in [0.25, 0.3) is 0 Å². The topological polar surface area (TPSA) is 51.4 Å². The monoisotopic (exact) mass is 220 g/mol. The molecule has 2 aromatic heterocycles. The molecule has 4 nitrogen and oxygen atoms in total. The van der Waals surface area contributed by atoms with Crippen molar-refractivity contribution >= 4 is 26.5 Å². The van der Waals surface area contributed by atoms with Gasteiger partial charge in [0.15, 0.2) is 9.99 Å². The maximum atomic E-state index is 12.7. The predicted octanol–water partition coefficient (Wildman–Crippen LogP) is 1.36. The van der Waals surface area contributed by atoms with Crippen LogP contribution in [0.1, 0.15) is 5.69 Å². The normalized spacial score (nSPS) is 12.5. The summed E-state index contributed by atoms with van der Waals surface area (Å²) < 4.78 is 35.2. The summed E-state index contributed by atoms with van der Waals surface area (Å²) in [6.45, 7) is 1.69. The Balaban J connectivity index is 2.92.